The van der Waals surface area contributed by atoms with Crippen LogP contribution in [0.3, 0.4) is 0 Å². The number of aromatic hydroxyl groups is 4. The van der Waals surface area contributed by atoms with Gasteiger partial charge in [0.1, 0.15) is 45.0 Å². The van der Waals surface area contributed by atoms with Gasteiger partial charge in [0.25, 0.3) is 35.4 Å². The van der Waals surface area contributed by atoms with Gasteiger partial charge in [-0.25, -0.2) is 33.7 Å². The molecule has 12 rings (SSSR count). The van der Waals surface area contributed by atoms with Crippen LogP contribution in [0.2, 0.25) is 40.2 Å². The Kier molecular flexibility index (Phi) is 38.6. The fourth-order valence-corrected chi connectivity index (χ4v) is 19.6. The Hall–Kier alpha value is -12.9. The molecule has 12 aromatic carbocycles. The highest BCUT2D eigenvalue weighted by Gasteiger charge is 2.36. The van der Waals surface area contributed by atoms with Crippen molar-refractivity contribution in [1.29, 1.82) is 0 Å². The second-order valence-electron chi connectivity index (χ2n) is 31.0. The minimum absolute atomic E-state index is 0.0101. The third-order valence-electron chi connectivity index (χ3n) is 20.1. The number of phenols is 4. The highest BCUT2D eigenvalue weighted by Crippen LogP contribution is 2.41. The zero-order valence-corrected chi connectivity index (χ0v) is 85.0. The minimum Gasteiger partial charge on any atom is -0.506 e. The number of amides is 8. The number of nitrogens with one attached hydrogen (secondary N) is 9. The van der Waals surface area contributed by atoms with Crippen LogP contribution in [0.25, 0.3) is 0 Å². The first kappa shape index (κ1) is 111. The molecule has 0 aliphatic carbocycles. The molecule has 13 N–H and O–H groups in total. The number of para-hydroxylation sites is 1. The van der Waals surface area contributed by atoms with Crippen molar-refractivity contribution in [2.45, 2.75) is 112 Å². The van der Waals surface area contributed by atoms with E-state index >= 15 is 0 Å². The van der Waals surface area contributed by atoms with E-state index in [1.165, 1.54) is 115 Å². The summed E-state index contributed by atoms with van der Waals surface area (Å²) in [7, 11) is -15.4. The first-order chi connectivity index (χ1) is 65.8. The quantitative estimate of drug-likeness (QED) is 0.0186. The summed E-state index contributed by atoms with van der Waals surface area (Å²) in [6.07, 6.45) is 0.636. The zero-order chi connectivity index (χ0) is 103. The molecule has 4 unspecified atom stereocenters. The van der Waals surface area contributed by atoms with Crippen molar-refractivity contribution in [3.05, 3.63) is 315 Å². The van der Waals surface area contributed by atoms with Gasteiger partial charge in [-0.05, 0) is 204 Å². The standard InChI is InChI=1S/C25H26ClN3O7S2.C25H25ClN2O7S2.C24H21Cl3N2O4.C23H19Cl3N2O4/c1-4-23(38(35,36)16-9-7-8-15(2)12-16)25(32)27-20-14-22(30)21(13-18(20)26)28-24(31)17-10-5-6-11-19(17)29-37(3,33)34;1-4-22(37(34,35)16-9-7-8-15(2)12-16)25(31)27-19-14-21(29)20(13-18(19)26)28-24(30)17-10-5-6-11-23(17)36(3,32)33;1-3-22(33-15-6-4-5-13(2)9-15)24(32)28-19-12-21(30)20(11-18(19)27)29-23(31)14-7-8-16(25)17(26)10-14;1-12-7-8-21(17(26)9-12)32-13(2)22(30)27-18-11-20(29)19(10-16(18)25)28-23(31)14-5-3-4-6-15(14)24/h5-14,23,29-30H,4H2,1-3H3,(H,27,32)(H,28,31);5-14,22,29H,4H2,1-3H3,(H,27,31)(H,28,30);4-12,22,30H,3H2,1-2H3,(H,28,32)(H,29,31);3-11,13,29H,1-2H3,(H,27,30)(H,28,31). The maximum absolute atomic E-state index is 13.1. The summed E-state index contributed by atoms with van der Waals surface area (Å²) in [4.78, 5) is 101. The van der Waals surface area contributed by atoms with E-state index in [0.717, 1.165) is 53.0 Å². The van der Waals surface area contributed by atoms with E-state index in [1.807, 2.05) is 45.0 Å². The van der Waals surface area contributed by atoms with Crippen LogP contribution in [0, 0.1) is 27.7 Å². The molecule has 0 bridgehead atoms. The van der Waals surface area contributed by atoms with Crippen molar-refractivity contribution in [2.75, 3.05) is 59.8 Å². The Morgan fingerprint density at radius 2 is 0.714 bits per heavy atom. The van der Waals surface area contributed by atoms with Crippen molar-refractivity contribution < 1.29 is 102 Å². The first-order valence-electron chi connectivity index (χ1n) is 41.7. The molecule has 8 amide bonds. The van der Waals surface area contributed by atoms with E-state index in [4.69, 9.17) is 102 Å². The molecule has 43 heteroatoms. The van der Waals surface area contributed by atoms with Gasteiger partial charge in [0.05, 0.1) is 129 Å². The van der Waals surface area contributed by atoms with Gasteiger partial charge < -0.3 is 72.4 Å². The number of phenolic OH excluding ortho intramolecular Hbond substituents is 4. The maximum Gasteiger partial charge on any atom is 0.265 e. The van der Waals surface area contributed by atoms with Gasteiger partial charge >= 0.3 is 0 Å². The largest absolute Gasteiger partial charge is 0.506 e. The molecule has 140 heavy (non-hydrogen) atoms. The molecule has 12 aromatic rings. The SMILES string of the molecule is CCC(C(=O)Nc1cc(O)c(NC(=O)c2ccccc2NS(C)(=O)=O)cc1Cl)S(=O)(=O)c1cccc(C)c1.CCC(C(=O)Nc1cc(O)c(NC(=O)c2ccccc2S(C)(=O)=O)cc1Cl)S(=O)(=O)c1cccc(C)c1.CCC(Oc1cccc(C)c1)C(=O)Nc1cc(O)c(NC(=O)c2ccc(Cl)c(Cl)c2)cc1Cl.Cc1ccc(OC(C)C(=O)Nc2cc(O)c(NC(=O)c3ccccc3Cl)cc2Cl)c(Cl)c1. The van der Waals surface area contributed by atoms with Crippen molar-refractivity contribution in [2.24, 2.45) is 0 Å². The van der Waals surface area contributed by atoms with Gasteiger partial charge in [-0.15, -0.1) is 0 Å². The first-order valence-corrected chi connectivity index (χ1v) is 51.6. The number of benzene rings is 12. The topological polar surface area (TPSA) is 481 Å². The number of carbonyl (C=O) groups is 8. The van der Waals surface area contributed by atoms with Gasteiger partial charge in [-0.3, -0.25) is 43.1 Å². The Balaban J connectivity index is 0.000000209. The smallest absolute Gasteiger partial charge is 0.265 e. The molecule has 0 aliphatic rings. The van der Waals surface area contributed by atoms with Crippen LogP contribution in [-0.2, 0) is 58.7 Å². The van der Waals surface area contributed by atoms with Crippen LogP contribution in [0.1, 0.15) is 111 Å². The number of hydrogen-bond donors (Lipinski definition) is 13. The van der Waals surface area contributed by atoms with Crippen LogP contribution in [0.5, 0.6) is 34.5 Å². The van der Waals surface area contributed by atoms with Gasteiger partial charge in [0.15, 0.2) is 41.7 Å². The molecule has 0 saturated carbocycles. The number of hydrogen-bond acceptors (Lipinski definition) is 22. The summed E-state index contributed by atoms with van der Waals surface area (Å²) >= 11 is 49.1. The second kappa shape index (κ2) is 48.8. The molecule has 736 valence electrons. The van der Waals surface area contributed by atoms with Gasteiger partial charge in [0.2, 0.25) is 21.8 Å². The van der Waals surface area contributed by atoms with Crippen LogP contribution < -0.4 is 56.7 Å². The lowest BCUT2D eigenvalue weighted by atomic mass is 10.1. The Morgan fingerprint density at radius 3 is 1.14 bits per heavy atom. The molecule has 0 spiro atoms. The molecule has 4 atom stereocenters. The third-order valence-corrected chi connectivity index (χ3v) is 28.8. The summed E-state index contributed by atoms with van der Waals surface area (Å²) in [5.74, 6) is -5.78. The van der Waals surface area contributed by atoms with E-state index in [9.17, 15) is 92.5 Å². The summed E-state index contributed by atoms with van der Waals surface area (Å²) in [5, 5.41) is 60.1. The highest BCUT2D eigenvalue weighted by atomic mass is 35.5. The van der Waals surface area contributed by atoms with Crippen molar-refractivity contribution in [1.82, 2.24) is 0 Å². The molecule has 0 heterocycles. The number of halogens is 8. The normalized spacial score (nSPS) is 12.0. The summed E-state index contributed by atoms with van der Waals surface area (Å²) < 4.78 is 113. The number of aryl methyl sites for hydroxylation is 4. The third kappa shape index (κ3) is 30.1. The van der Waals surface area contributed by atoms with Gasteiger partial charge in [-0.1, -0.05) is 192 Å². The monoisotopic (exact) mass is 2140 g/mol. The van der Waals surface area contributed by atoms with E-state index in [2.05, 4.69) is 47.3 Å². The number of sulfonamides is 1. The van der Waals surface area contributed by atoms with Gasteiger partial charge in [0, 0.05) is 36.1 Å². The zero-order valence-electron chi connectivity index (χ0n) is 75.7. The Morgan fingerprint density at radius 1 is 0.321 bits per heavy atom. The predicted octanol–water partition coefficient (Wildman–Crippen LogP) is 21.4. The maximum atomic E-state index is 13.1. The number of rotatable bonds is 30. The van der Waals surface area contributed by atoms with E-state index in [0.29, 0.717) is 28.0 Å². The number of ether oxygens (including phenoxy) is 2. The van der Waals surface area contributed by atoms with Gasteiger partial charge in [-0.2, -0.15) is 0 Å². The molecular weight excluding hydrogens is 2050 g/mol. The van der Waals surface area contributed by atoms with Crippen LogP contribution in [-0.4, -0.2) is 137 Å². The van der Waals surface area contributed by atoms with E-state index < -0.39 is 121 Å². The van der Waals surface area contributed by atoms with Crippen molar-refractivity contribution in [3.8, 4) is 34.5 Å². The Bertz CT molecular complexity index is 7270. The highest BCUT2D eigenvalue weighted by molar-refractivity contribution is 7.93. The molecule has 0 fully saturated rings. The number of sulfone groups is 3. The molecule has 0 aromatic heterocycles. The van der Waals surface area contributed by atoms with Crippen molar-refractivity contribution in [3.63, 3.8) is 0 Å². The lowest BCUT2D eigenvalue weighted by molar-refractivity contribution is -0.123. The molecule has 0 saturated heterocycles. The minimum atomic E-state index is -4.01. The number of carbonyl (C=O) groups excluding carboxylic acids is 8. The number of anilines is 9. The fourth-order valence-electron chi connectivity index (χ4n) is 13.0. The summed E-state index contributed by atoms with van der Waals surface area (Å²) in [6, 6.07) is 56.9. The molecular formula is C97H91Cl8N9O22S4. The molecule has 0 aliphatic heterocycles. The van der Waals surface area contributed by atoms with E-state index in [1.54, 1.807) is 107 Å². The Labute approximate surface area is 847 Å². The molecule has 0 radical (unpaired) electrons. The van der Waals surface area contributed by atoms with Crippen LogP contribution in [0.4, 0.5) is 51.2 Å². The van der Waals surface area contributed by atoms with Crippen LogP contribution in [0.15, 0.2) is 245 Å². The van der Waals surface area contributed by atoms with Crippen LogP contribution >= 0.6 is 92.8 Å². The predicted molar refractivity (Wildman–Crippen MR) is 548 cm³/mol. The fraction of sp³-hybridized carbons (Fsp3) is 0.175. The summed E-state index contributed by atoms with van der Waals surface area (Å²) in [5.41, 5.74) is 3.84. The lowest BCUT2D eigenvalue weighted by Crippen LogP contribution is -2.34. The average molecular weight is 2150 g/mol. The molecule has 31 nitrogen and oxygen atoms in total. The lowest BCUT2D eigenvalue weighted by Gasteiger charge is -2.18. The van der Waals surface area contributed by atoms with E-state index in [-0.39, 0.29) is 143 Å². The average Bonchev–Trinajstić information content (AvgIpc) is 0.804. The van der Waals surface area contributed by atoms with Crippen molar-refractivity contribution >= 4 is 231 Å². The summed E-state index contributed by atoms with van der Waals surface area (Å²) in [6.45, 7) is 13.8. The second-order valence-corrected chi connectivity index (χ2v) is 42.3.